The average Bonchev–Trinajstić information content (AvgIpc) is 2.89. The lowest BCUT2D eigenvalue weighted by atomic mass is 9.77. The molecule has 2 nitrogen and oxygen atoms in total. The number of hydrogen-bond donors (Lipinski definition) is 0. The van der Waals surface area contributed by atoms with Crippen LogP contribution in [0.15, 0.2) is 48.5 Å². The summed E-state index contributed by atoms with van der Waals surface area (Å²) in [6, 6.07) is 18.3. The fourth-order valence-corrected chi connectivity index (χ4v) is 5.64. The highest BCUT2D eigenvalue weighted by Crippen LogP contribution is 2.38. The number of unbranched alkanes of at least 4 members (excludes halogenated alkanes) is 3. The molecule has 1 heterocycles. The SMILES string of the molecule is CCCCC[C@H]1CC[C@H](c2ccc(-c3ccc([C@@H]4CO[C@@H](CCCC)CO4)cc3)cc2)CC1. The molecule has 1 saturated carbocycles. The van der Waals surface area contributed by atoms with Gasteiger partial charge in [0, 0.05) is 0 Å². The lowest BCUT2D eigenvalue weighted by Crippen LogP contribution is -2.31. The molecular formula is C31H44O2. The second-order valence-electron chi connectivity index (χ2n) is 10.4. The van der Waals surface area contributed by atoms with Crippen LogP contribution in [0.1, 0.15) is 108 Å². The third-order valence-electron chi connectivity index (χ3n) is 7.91. The molecule has 1 aliphatic carbocycles. The molecule has 2 atom stereocenters. The Balaban J connectivity index is 1.27. The van der Waals surface area contributed by atoms with Crippen molar-refractivity contribution in [1.29, 1.82) is 0 Å². The van der Waals surface area contributed by atoms with Gasteiger partial charge in [-0.15, -0.1) is 0 Å². The van der Waals surface area contributed by atoms with Crippen molar-refractivity contribution in [3.05, 3.63) is 59.7 Å². The Morgan fingerprint density at radius 1 is 0.636 bits per heavy atom. The Kier molecular flexibility index (Phi) is 9.44. The highest BCUT2D eigenvalue weighted by atomic mass is 16.6. The minimum Gasteiger partial charge on any atom is -0.373 e. The van der Waals surface area contributed by atoms with Crippen LogP contribution in [-0.4, -0.2) is 19.3 Å². The largest absolute Gasteiger partial charge is 0.373 e. The number of ether oxygens (including phenoxy) is 2. The normalized spacial score (nSPS) is 25.8. The Labute approximate surface area is 202 Å². The Morgan fingerprint density at radius 2 is 1.27 bits per heavy atom. The molecule has 0 N–H and O–H groups in total. The zero-order chi connectivity index (χ0) is 22.9. The van der Waals surface area contributed by atoms with Crippen LogP contribution in [-0.2, 0) is 9.47 Å². The van der Waals surface area contributed by atoms with E-state index in [9.17, 15) is 0 Å². The van der Waals surface area contributed by atoms with Crippen molar-refractivity contribution < 1.29 is 9.47 Å². The third kappa shape index (κ3) is 6.93. The summed E-state index contributed by atoms with van der Waals surface area (Å²) < 4.78 is 12.2. The molecule has 0 aromatic heterocycles. The Morgan fingerprint density at radius 3 is 1.85 bits per heavy atom. The number of rotatable bonds is 10. The molecule has 2 aromatic rings. The van der Waals surface area contributed by atoms with Gasteiger partial charge in [-0.1, -0.05) is 101 Å². The van der Waals surface area contributed by atoms with E-state index in [1.54, 1.807) is 0 Å². The summed E-state index contributed by atoms with van der Waals surface area (Å²) >= 11 is 0. The molecule has 1 aliphatic heterocycles. The van der Waals surface area contributed by atoms with Gasteiger partial charge in [0.15, 0.2) is 0 Å². The summed E-state index contributed by atoms with van der Waals surface area (Å²) in [5.74, 6) is 1.74. The maximum atomic E-state index is 6.11. The van der Waals surface area contributed by atoms with E-state index in [2.05, 4.69) is 62.4 Å². The van der Waals surface area contributed by atoms with Crippen LogP contribution in [0.4, 0.5) is 0 Å². The Bertz CT molecular complexity index is 794. The van der Waals surface area contributed by atoms with E-state index < -0.39 is 0 Å². The fraction of sp³-hybridized carbons (Fsp3) is 0.613. The van der Waals surface area contributed by atoms with E-state index in [-0.39, 0.29) is 12.2 Å². The van der Waals surface area contributed by atoms with Crippen molar-refractivity contribution >= 4 is 0 Å². The van der Waals surface area contributed by atoms with Crippen molar-refractivity contribution in [2.45, 2.75) is 103 Å². The van der Waals surface area contributed by atoms with Crippen molar-refractivity contribution in [3.8, 4) is 11.1 Å². The zero-order valence-corrected chi connectivity index (χ0v) is 20.9. The van der Waals surface area contributed by atoms with Crippen LogP contribution < -0.4 is 0 Å². The average molecular weight is 449 g/mol. The van der Waals surface area contributed by atoms with Crippen molar-refractivity contribution in [2.24, 2.45) is 5.92 Å². The number of benzene rings is 2. The van der Waals surface area contributed by atoms with Crippen molar-refractivity contribution in [1.82, 2.24) is 0 Å². The van der Waals surface area contributed by atoms with E-state index in [0.29, 0.717) is 13.2 Å². The second kappa shape index (κ2) is 12.7. The molecule has 2 heteroatoms. The monoisotopic (exact) mass is 448 g/mol. The molecule has 0 radical (unpaired) electrons. The molecule has 180 valence electrons. The van der Waals surface area contributed by atoms with Gasteiger partial charge in [-0.25, -0.2) is 0 Å². The molecular weight excluding hydrogens is 404 g/mol. The first kappa shape index (κ1) is 24.5. The van der Waals surface area contributed by atoms with E-state index >= 15 is 0 Å². The molecule has 1 saturated heterocycles. The number of hydrogen-bond acceptors (Lipinski definition) is 2. The van der Waals surface area contributed by atoms with Gasteiger partial charge in [0.2, 0.25) is 0 Å². The highest BCUT2D eigenvalue weighted by molar-refractivity contribution is 5.64. The molecule has 2 fully saturated rings. The highest BCUT2D eigenvalue weighted by Gasteiger charge is 2.24. The maximum absolute atomic E-state index is 6.11. The van der Waals surface area contributed by atoms with Gasteiger partial charge in [-0.2, -0.15) is 0 Å². The fourth-order valence-electron chi connectivity index (χ4n) is 5.64. The minimum absolute atomic E-state index is 0.0661. The first-order chi connectivity index (χ1) is 16.3. The van der Waals surface area contributed by atoms with E-state index in [1.807, 2.05) is 0 Å². The first-order valence-corrected chi connectivity index (χ1v) is 13.7. The predicted octanol–water partition coefficient (Wildman–Crippen LogP) is 8.85. The zero-order valence-electron chi connectivity index (χ0n) is 20.9. The first-order valence-electron chi connectivity index (χ1n) is 13.7. The van der Waals surface area contributed by atoms with Gasteiger partial charge in [0.1, 0.15) is 6.10 Å². The lowest BCUT2D eigenvalue weighted by molar-refractivity contribution is -0.137. The van der Waals surface area contributed by atoms with Gasteiger partial charge >= 0.3 is 0 Å². The summed E-state index contributed by atoms with van der Waals surface area (Å²) in [6.07, 6.45) is 15.1. The topological polar surface area (TPSA) is 18.5 Å². The van der Waals surface area contributed by atoms with Gasteiger partial charge in [0.05, 0.1) is 19.3 Å². The lowest BCUT2D eigenvalue weighted by Gasteiger charge is -2.30. The summed E-state index contributed by atoms with van der Waals surface area (Å²) in [7, 11) is 0. The van der Waals surface area contributed by atoms with Crippen LogP contribution in [0.5, 0.6) is 0 Å². The summed E-state index contributed by atoms with van der Waals surface area (Å²) in [4.78, 5) is 0. The summed E-state index contributed by atoms with van der Waals surface area (Å²) in [5.41, 5.74) is 5.34. The van der Waals surface area contributed by atoms with Gasteiger partial charge in [-0.3, -0.25) is 0 Å². The molecule has 2 aliphatic rings. The van der Waals surface area contributed by atoms with Crippen LogP contribution >= 0.6 is 0 Å². The van der Waals surface area contributed by atoms with Crippen molar-refractivity contribution in [2.75, 3.05) is 13.2 Å². The van der Waals surface area contributed by atoms with Gasteiger partial charge in [-0.05, 0) is 66.2 Å². The van der Waals surface area contributed by atoms with Gasteiger partial charge in [0.25, 0.3) is 0 Å². The molecule has 33 heavy (non-hydrogen) atoms. The molecule has 4 rings (SSSR count). The second-order valence-corrected chi connectivity index (χ2v) is 10.4. The van der Waals surface area contributed by atoms with Crippen LogP contribution in [0.2, 0.25) is 0 Å². The van der Waals surface area contributed by atoms with Crippen LogP contribution in [0, 0.1) is 5.92 Å². The van der Waals surface area contributed by atoms with E-state index in [1.165, 1.54) is 86.5 Å². The van der Waals surface area contributed by atoms with Crippen molar-refractivity contribution in [3.63, 3.8) is 0 Å². The van der Waals surface area contributed by atoms with Gasteiger partial charge < -0.3 is 9.47 Å². The molecule has 0 spiro atoms. The quantitative estimate of drug-likeness (QED) is 0.338. The third-order valence-corrected chi connectivity index (χ3v) is 7.91. The predicted molar refractivity (Wildman–Crippen MR) is 139 cm³/mol. The Hall–Kier alpha value is -1.64. The van der Waals surface area contributed by atoms with E-state index in [4.69, 9.17) is 9.47 Å². The maximum Gasteiger partial charge on any atom is 0.106 e. The molecule has 0 unspecified atom stereocenters. The van der Waals surface area contributed by atoms with Crippen LogP contribution in [0.25, 0.3) is 11.1 Å². The molecule has 0 bridgehead atoms. The molecule has 2 aromatic carbocycles. The molecule has 0 amide bonds. The summed E-state index contributed by atoms with van der Waals surface area (Å²) in [5, 5.41) is 0. The van der Waals surface area contributed by atoms with Crippen LogP contribution in [0.3, 0.4) is 0 Å². The summed E-state index contributed by atoms with van der Waals surface area (Å²) in [6.45, 7) is 5.91. The standard InChI is InChI=1S/C31H44O2/c1-3-5-7-8-24-10-12-25(13-11-24)26-14-16-27(17-15-26)28-18-20-29(21-19-28)31-23-32-30(22-33-31)9-6-4-2/h14-21,24-25,30-31H,3-13,22-23H2,1-2H3/t24-,25-,30-,31-/m0/s1. The smallest absolute Gasteiger partial charge is 0.106 e. The van der Waals surface area contributed by atoms with E-state index in [0.717, 1.165) is 18.3 Å². The minimum atomic E-state index is 0.0661.